The van der Waals surface area contributed by atoms with Crippen LogP contribution in [0.5, 0.6) is 0 Å². The number of pyridine rings is 1. The maximum Gasteiger partial charge on any atom is 0.409 e. The van der Waals surface area contributed by atoms with Crippen LogP contribution in [0.25, 0.3) is 0 Å². The van der Waals surface area contributed by atoms with Crippen molar-refractivity contribution in [3.63, 3.8) is 0 Å². The molecule has 150 valence electrons. The zero-order valence-electron chi connectivity index (χ0n) is 15.6. The molecule has 9 nitrogen and oxygen atoms in total. The molecule has 2 heterocycles. The van der Waals surface area contributed by atoms with Crippen LogP contribution in [0.3, 0.4) is 0 Å². The van der Waals surface area contributed by atoms with E-state index in [4.69, 9.17) is 4.74 Å². The van der Waals surface area contributed by atoms with Gasteiger partial charge in [0, 0.05) is 38.1 Å². The molecule has 1 aromatic heterocycles. The van der Waals surface area contributed by atoms with Gasteiger partial charge in [-0.2, -0.15) is 4.31 Å². The highest BCUT2D eigenvalue weighted by molar-refractivity contribution is 7.88. The summed E-state index contributed by atoms with van der Waals surface area (Å²) in [7, 11) is -3.54. The molecule has 0 unspecified atom stereocenters. The third-order valence-electron chi connectivity index (χ3n) is 4.28. The number of aromatic nitrogens is 1. The first-order chi connectivity index (χ1) is 12.8. The smallest absolute Gasteiger partial charge is 0.409 e. The van der Waals surface area contributed by atoms with Gasteiger partial charge in [-0.25, -0.2) is 13.2 Å². The van der Waals surface area contributed by atoms with E-state index in [2.05, 4.69) is 10.3 Å². The average Bonchev–Trinajstić information content (AvgIpc) is 2.62. The summed E-state index contributed by atoms with van der Waals surface area (Å²) in [5.74, 6) is -0.357. The standard InChI is InChI=1S/C17H26N4O5S/c1-3-26-17(23)20-10-6-15(7-11-20)19-16(22)13-21(27(2,24)25)12-14-4-8-18-9-5-14/h4-5,8-9,15H,3,6-7,10-13H2,1-2H3,(H,19,22). The van der Waals surface area contributed by atoms with Crippen LogP contribution in [-0.2, 0) is 26.1 Å². The van der Waals surface area contributed by atoms with E-state index in [1.54, 1.807) is 36.4 Å². The van der Waals surface area contributed by atoms with E-state index >= 15 is 0 Å². The Bertz CT molecular complexity index is 733. The number of nitrogens with zero attached hydrogens (tertiary/aromatic N) is 3. The minimum atomic E-state index is -3.54. The number of sulfonamides is 1. The normalized spacial score (nSPS) is 15.6. The Morgan fingerprint density at radius 2 is 1.93 bits per heavy atom. The molecule has 1 N–H and O–H groups in total. The monoisotopic (exact) mass is 398 g/mol. The van der Waals surface area contributed by atoms with Gasteiger partial charge in [-0.1, -0.05) is 0 Å². The van der Waals surface area contributed by atoms with Crippen LogP contribution in [0.1, 0.15) is 25.3 Å². The second kappa shape index (κ2) is 9.65. The summed E-state index contributed by atoms with van der Waals surface area (Å²) >= 11 is 0. The Balaban J connectivity index is 1.86. The molecule has 1 fully saturated rings. The molecular formula is C17H26N4O5S. The Morgan fingerprint density at radius 1 is 1.30 bits per heavy atom. The van der Waals surface area contributed by atoms with E-state index in [0.717, 1.165) is 16.1 Å². The zero-order valence-corrected chi connectivity index (χ0v) is 16.4. The molecule has 2 amide bonds. The highest BCUT2D eigenvalue weighted by Gasteiger charge is 2.26. The molecule has 0 saturated carbocycles. The quantitative estimate of drug-likeness (QED) is 0.720. The van der Waals surface area contributed by atoms with Crippen LogP contribution in [0, 0.1) is 0 Å². The summed E-state index contributed by atoms with van der Waals surface area (Å²) in [6.45, 7) is 2.93. The topological polar surface area (TPSA) is 109 Å². The summed E-state index contributed by atoms with van der Waals surface area (Å²) in [5.41, 5.74) is 0.756. The van der Waals surface area contributed by atoms with Crippen molar-refractivity contribution in [1.82, 2.24) is 19.5 Å². The predicted octanol–water partition coefficient (Wildman–Crippen LogP) is 0.580. The molecule has 0 radical (unpaired) electrons. The summed E-state index contributed by atoms with van der Waals surface area (Å²) in [5, 5.41) is 2.86. The predicted molar refractivity (Wildman–Crippen MR) is 99.3 cm³/mol. The highest BCUT2D eigenvalue weighted by Crippen LogP contribution is 2.12. The van der Waals surface area contributed by atoms with E-state index in [1.165, 1.54) is 0 Å². The molecule has 0 atom stereocenters. The van der Waals surface area contributed by atoms with Crippen molar-refractivity contribution in [2.24, 2.45) is 0 Å². The lowest BCUT2D eigenvalue weighted by Crippen LogP contribution is -2.49. The molecule has 0 bridgehead atoms. The Hall–Kier alpha value is -2.20. The average molecular weight is 398 g/mol. The van der Waals surface area contributed by atoms with Gasteiger partial charge < -0.3 is 15.0 Å². The molecule has 1 aliphatic heterocycles. The Kier molecular flexibility index (Phi) is 7.55. The molecule has 1 aromatic rings. The van der Waals surface area contributed by atoms with Crippen molar-refractivity contribution >= 4 is 22.0 Å². The van der Waals surface area contributed by atoms with Crippen molar-refractivity contribution < 1.29 is 22.7 Å². The molecule has 0 aliphatic carbocycles. The number of carbonyl (C=O) groups is 2. The molecule has 0 aromatic carbocycles. The zero-order chi connectivity index (χ0) is 19.9. The fourth-order valence-corrected chi connectivity index (χ4v) is 3.57. The lowest BCUT2D eigenvalue weighted by Gasteiger charge is -2.32. The minimum Gasteiger partial charge on any atom is -0.450 e. The lowest BCUT2D eigenvalue weighted by atomic mass is 10.1. The minimum absolute atomic E-state index is 0.0921. The first kappa shape index (κ1) is 21.1. The molecule has 2 rings (SSSR count). The van der Waals surface area contributed by atoms with Gasteiger partial charge in [0.15, 0.2) is 0 Å². The first-order valence-corrected chi connectivity index (χ1v) is 10.7. The molecule has 0 spiro atoms. The number of amides is 2. The summed E-state index contributed by atoms with van der Waals surface area (Å²) in [6.07, 6.45) is 5.10. The highest BCUT2D eigenvalue weighted by atomic mass is 32.2. The maximum absolute atomic E-state index is 12.3. The van der Waals surface area contributed by atoms with Crippen LogP contribution < -0.4 is 5.32 Å². The van der Waals surface area contributed by atoms with Gasteiger partial charge in [0.05, 0.1) is 19.4 Å². The number of ether oxygens (including phenoxy) is 1. The fraction of sp³-hybridized carbons (Fsp3) is 0.588. The fourth-order valence-electron chi connectivity index (χ4n) is 2.84. The van der Waals surface area contributed by atoms with Crippen LogP contribution in [0.15, 0.2) is 24.5 Å². The van der Waals surface area contributed by atoms with Crippen LogP contribution in [-0.4, -0.2) is 73.1 Å². The van der Waals surface area contributed by atoms with Crippen molar-refractivity contribution in [2.45, 2.75) is 32.4 Å². The van der Waals surface area contributed by atoms with E-state index in [-0.39, 0.29) is 31.1 Å². The number of rotatable bonds is 7. The van der Waals surface area contributed by atoms with Gasteiger partial charge in [0.25, 0.3) is 0 Å². The van der Waals surface area contributed by atoms with Gasteiger partial charge in [0.1, 0.15) is 0 Å². The van der Waals surface area contributed by atoms with Crippen molar-refractivity contribution in [3.8, 4) is 0 Å². The van der Waals surface area contributed by atoms with Gasteiger partial charge in [-0.3, -0.25) is 9.78 Å². The van der Waals surface area contributed by atoms with Crippen LogP contribution in [0.4, 0.5) is 4.79 Å². The first-order valence-electron chi connectivity index (χ1n) is 8.84. The van der Waals surface area contributed by atoms with E-state index in [0.29, 0.717) is 32.5 Å². The van der Waals surface area contributed by atoms with E-state index in [9.17, 15) is 18.0 Å². The maximum atomic E-state index is 12.3. The lowest BCUT2D eigenvalue weighted by molar-refractivity contribution is -0.122. The molecule has 10 heteroatoms. The van der Waals surface area contributed by atoms with Crippen molar-refractivity contribution in [1.29, 1.82) is 0 Å². The van der Waals surface area contributed by atoms with Crippen molar-refractivity contribution in [2.75, 3.05) is 32.5 Å². The number of carbonyl (C=O) groups excluding carboxylic acids is 2. The molecule has 27 heavy (non-hydrogen) atoms. The largest absolute Gasteiger partial charge is 0.450 e. The molecule has 1 saturated heterocycles. The summed E-state index contributed by atoms with van der Waals surface area (Å²) < 4.78 is 30.1. The number of hydrogen-bond acceptors (Lipinski definition) is 6. The summed E-state index contributed by atoms with van der Waals surface area (Å²) in [4.78, 5) is 29.5. The molecular weight excluding hydrogens is 372 g/mol. The third kappa shape index (κ3) is 6.79. The van der Waals surface area contributed by atoms with E-state index < -0.39 is 10.0 Å². The second-order valence-corrected chi connectivity index (χ2v) is 8.40. The Labute approximate surface area is 159 Å². The van der Waals surface area contributed by atoms with Crippen molar-refractivity contribution in [3.05, 3.63) is 30.1 Å². The SMILES string of the molecule is CCOC(=O)N1CCC(NC(=O)CN(Cc2ccncc2)S(C)(=O)=O)CC1. The number of likely N-dealkylation sites (tertiary alicyclic amines) is 1. The van der Waals surface area contributed by atoms with Gasteiger partial charge >= 0.3 is 6.09 Å². The second-order valence-electron chi connectivity index (χ2n) is 6.41. The van der Waals surface area contributed by atoms with Gasteiger partial charge in [-0.05, 0) is 37.5 Å². The Morgan fingerprint density at radius 3 is 2.48 bits per heavy atom. The third-order valence-corrected chi connectivity index (χ3v) is 5.48. The number of piperidine rings is 1. The molecule has 1 aliphatic rings. The van der Waals surface area contributed by atoms with Crippen LogP contribution in [0.2, 0.25) is 0 Å². The van der Waals surface area contributed by atoms with Gasteiger partial charge in [-0.15, -0.1) is 0 Å². The summed E-state index contributed by atoms with van der Waals surface area (Å²) in [6, 6.07) is 3.33. The van der Waals surface area contributed by atoms with Gasteiger partial charge in [0.2, 0.25) is 15.9 Å². The number of hydrogen-bond donors (Lipinski definition) is 1. The van der Waals surface area contributed by atoms with Crippen LogP contribution >= 0.6 is 0 Å². The van der Waals surface area contributed by atoms with E-state index in [1.807, 2.05) is 0 Å². The number of nitrogens with one attached hydrogen (secondary N) is 1.